The van der Waals surface area contributed by atoms with Crippen molar-refractivity contribution in [3.05, 3.63) is 29.8 Å². The molecule has 0 aliphatic heterocycles. The molecule has 2 fully saturated rings. The van der Waals surface area contributed by atoms with Gasteiger partial charge in [-0.15, -0.1) is 0 Å². The topological polar surface area (TPSA) is 72.5 Å². The summed E-state index contributed by atoms with van der Waals surface area (Å²) in [5, 5.41) is 2.95. The highest BCUT2D eigenvalue weighted by molar-refractivity contribution is 6.04. The van der Waals surface area contributed by atoms with Gasteiger partial charge in [0.05, 0.1) is 17.6 Å². The first-order valence-corrected chi connectivity index (χ1v) is 8.80. The number of ketones is 1. The molecule has 2 bridgehead atoms. The van der Waals surface area contributed by atoms with Crippen LogP contribution in [0.25, 0.3) is 0 Å². The molecule has 2 aliphatic rings. The van der Waals surface area contributed by atoms with Crippen LogP contribution in [0.5, 0.6) is 0 Å². The van der Waals surface area contributed by atoms with Crippen LogP contribution in [0, 0.1) is 16.2 Å². The molecule has 0 spiro atoms. The number of amides is 1. The summed E-state index contributed by atoms with van der Waals surface area (Å²) in [6.07, 6.45) is 1.80. The second kappa shape index (κ2) is 5.68. The SMILES string of the molecule is CCOC(=O)c1ccc(NC(=O)[C@]23CC[C@@](C)(C(=O)C2)C3(C)C)cc1. The molecule has 2 atom stereocenters. The standard InChI is InChI=1S/C20H25NO4/c1-5-25-16(23)13-6-8-14(9-7-13)21-17(24)20-11-10-19(4,15(22)12-20)18(20,2)3/h6-9H,5,10-12H2,1-4H3,(H,21,24)/t19-,20-/m0/s1. The Hall–Kier alpha value is -2.17. The highest BCUT2D eigenvalue weighted by Crippen LogP contribution is 2.70. The maximum absolute atomic E-state index is 13.1. The fourth-order valence-electron chi connectivity index (χ4n) is 4.52. The molecule has 3 rings (SSSR count). The summed E-state index contributed by atoms with van der Waals surface area (Å²) in [6.45, 7) is 8.14. The van der Waals surface area contributed by atoms with Crippen molar-refractivity contribution < 1.29 is 19.1 Å². The Bertz CT molecular complexity index is 737. The first-order chi connectivity index (χ1) is 11.7. The van der Waals surface area contributed by atoms with E-state index in [9.17, 15) is 14.4 Å². The van der Waals surface area contributed by atoms with Gasteiger partial charge in [0.2, 0.25) is 5.91 Å². The Morgan fingerprint density at radius 3 is 2.24 bits per heavy atom. The number of esters is 1. The summed E-state index contributed by atoms with van der Waals surface area (Å²) < 4.78 is 4.96. The number of carbonyl (C=O) groups is 3. The van der Waals surface area contributed by atoms with Crippen LogP contribution in [0.2, 0.25) is 0 Å². The monoisotopic (exact) mass is 343 g/mol. The van der Waals surface area contributed by atoms with Crippen molar-refractivity contribution in [2.24, 2.45) is 16.2 Å². The molecule has 5 nitrogen and oxygen atoms in total. The first kappa shape index (κ1) is 17.6. The van der Waals surface area contributed by atoms with Crippen molar-refractivity contribution in [2.45, 2.75) is 47.0 Å². The molecule has 134 valence electrons. The number of carbonyl (C=O) groups excluding carboxylic acids is 3. The van der Waals surface area contributed by atoms with E-state index < -0.39 is 10.8 Å². The Balaban J connectivity index is 1.79. The van der Waals surface area contributed by atoms with Gasteiger partial charge in [-0.2, -0.15) is 0 Å². The van der Waals surface area contributed by atoms with E-state index in [2.05, 4.69) is 5.32 Å². The third-order valence-corrected chi connectivity index (χ3v) is 6.79. The van der Waals surface area contributed by atoms with Crippen LogP contribution in [0.15, 0.2) is 24.3 Å². The number of fused-ring (bicyclic) bond motifs is 2. The van der Waals surface area contributed by atoms with E-state index in [4.69, 9.17) is 4.74 Å². The van der Waals surface area contributed by atoms with Crippen molar-refractivity contribution in [1.29, 1.82) is 0 Å². The first-order valence-electron chi connectivity index (χ1n) is 8.80. The number of rotatable bonds is 4. The average molecular weight is 343 g/mol. The van der Waals surface area contributed by atoms with Gasteiger partial charge in [0.15, 0.2) is 0 Å². The molecule has 2 saturated carbocycles. The molecule has 0 heterocycles. The van der Waals surface area contributed by atoms with Gasteiger partial charge >= 0.3 is 5.97 Å². The minimum Gasteiger partial charge on any atom is -0.462 e. The molecule has 1 amide bonds. The van der Waals surface area contributed by atoms with E-state index in [1.165, 1.54) is 0 Å². The molecule has 0 unspecified atom stereocenters. The predicted molar refractivity (Wildman–Crippen MR) is 94.2 cm³/mol. The zero-order valence-electron chi connectivity index (χ0n) is 15.3. The number of nitrogens with one attached hydrogen (secondary N) is 1. The summed E-state index contributed by atoms with van der Waals surface area (Å²) in [5.41, 5.74) is -0.373. The van der Waals surface area contributed by atoms with Crippen molar-refractivity contribution in [1.82, 2.24) is 0 Å². The van der Waals surface area contributed by atoms with Crippen LogP contribution >= 0.6 is 0 Å². The predicted octanol–water partition coefficient (Wildman–Crippen LogP) is 3.59. The van der Waals surface area contributed by atoms with Gasteiger partial charge in [-0.1, -0.05) is 20.8 Å². The highest BCUT2D eigenvalue weighted by atomic mass is 16.5. The summed E-state index contributed by atoms with van der Waals surface area (Å²) in [6, 6.07) is 6.65. The Morgan fingerprint density at radius 1 is 1.12 bits per heavy atom. The zero-order chi connectivity index (χ0) is 18.5. The summed E-state index contributed by atoms with van der Waals surface area (Å²) in [7, 11) is 0. The number of hydrogen-bond donors (Lipinski definition) is 1. The summed E-state index contributed by atoms with van der Waals surface area (Å²) in [5.74, 6) is -0.291. The largest absolute Gasteiger partial charge is 0.462 e. The Kier molecular flexibility index (Phi) is 4.01. The third kappa shape index (κ3) is 2.32. The number of Topliss-reactive ketones (excluding diaryl/α,β-unsaturated/α-hetero) is 1. The van der Waals surface area contributed by atoms with Crippen molar-refractivity contribution >= 4 is 23.3 Å². The maximum Gasteiger partial charge on any atom is 0.338 e. The van der Waals surface area contributed by atoms with Gasteiger partial charge in [0, 0.05) is 17.5 Å². The molecule has 1 N–H and O–H groups in total. The minimum atomic E-state index is -0.654. The summed E-state index contributed by atoms with van der Waals surface area (Å²) >= 11 is 0. The van der Waals surface area contributed by atoms with Gasteiger partial charge in [-0.3, -0.25) is 9.59 Å². The number of benzene rings is 1. The summed E-state index contributed by atoms with van der Waals surface area (Å²) in [4.78, 5) is 37.2. The van der Waals surface area contributed by atoms with Crippen LogP contribution in [-0.4, -0.2) is 24.3 Å². The second-order valence-corrected chi connectivity index (χ2v) is 7.89. The van der Waals surface area contributed by atoms with Gasteiger partial charge < -0.3 is 10.1 Å². The lowest BCUT2D eigenvalue weighted by atomic mass is 9.64. The second-order valence-electron chi connectivity index (χ2n) is 7.89. The van der Waals surface area contributed by atoms with Crippen LogP contribution < -0.4 is 5.32 Å². The van der Waals surface area contributed by atoms with Gasteiger partial charge in [0.25, 0.3) is 0 Å². The van der Waals surface area contributed by atoms with E-state index in [1.807, 2.05) is 20.8 Å². The third-order valence-electron chi connectivity index (χ3n) is 6.79. The molecule has 1 aromatic carbocycles. The van der Waals surface area contributed by atoms with E-state index in [1.54, 1.807) is 31.2 Å². The van der Waals surface area contributed by atoms with E-state index >= 15 is 0 Å². The molecule has 0 radical (unpaired) electrons. The molecule has 25 heavy (non-hydrogen) atoms. The molecule has 5 heteroatoms. The number of ether oxygens (including phenoxy) is 1. The highest BCUT2D eigenvalue weighted by Gasteiger charge is 2.72. The van der Waals surface area contributed by atoms with Crippen molar-refractivity contribution in [3.8, 4) is 0 Å². The fourth-order valence-corrected chi connectivity index (χ4v) is 4.52. The van der Waals surface area contributed by atoms with Crippen LogP contribution in [0.4, 0.5) is 5.69 Å². The smallest absolute Gasteiger partial charge is 0.338 e. The quantitative estimate of drug-likeness (QED) is 0.848. The zero-order valence-corrected chi connectivity index (χ0v) is 15.3. The van der Waals surface area contributed by atoms with Crippen LogP contribution in [-0.2, 0) is 14.3 Å². The molecule has 1 aromatic rings. The Morgan fingerprint density at radius 2 is 1.76 bits per heavy atom. The van der Waals surface area contributed by atoms with Crippen molar-refractivity contribution in [2.75, 3.05) is 11.9 Å². The van der Waals surface area contributed by atoms with Gasteiger partial charge in [0.1, 0.15) is 5.78 Å². The van der Waals surface area contributed by atoms with Gasteiger partial charge in [-0.05, 0) is 49.4 Å². The average Bonchev–Trinajstić information content (AvgIpc) is 2.86. The molecule has 0 saturated heterocycles. The van der Waals surface area contributed by atoms with Crippen LogP contribution in [0.1, 0.15) is 57.3 Å². The lowest BCUT2D eigenvalue weighted by molar-refractivity contribution is -0.131. The van der Waals surface area contributed by atoms with Gasteiger partial charge in [-0.25, -0.2) is 4.79 Å². The van der Waals surface area contributed by atoms with Crippen LogP contribution in [0.3, 0.4) is 0 Å². The van der Waals surface area contributed by atoms with E-state index in [-0.39, 0.29) is 23.1 Å². The van der Waals surface area contributed by atoms with E-state index in [0.717, 1.165) is 12.8 Å². The number of hydrogen-bond acceptors (Lipinski definition) is 4. The normalized spacial score (nSPS) is 29.5. The molecular weight excluding hydrogens is 318 g/mol. The molecule has 0 aromatic heterocycles. The van der Waals surface area contributed by atoms with Crippen molar-refractivity contribution in [3.63, 3.8) is 0 Å². The maximum atomic E-state index is 13.1. The van der Waals surface area contributed by atoms with E-state index in [0.29, 0.717) is 24.3 Å². The number of anilines is 1. The minimum absolute atomic E-state index is 0.101. The molecular formula is C20H25NO4. The Labute approximate surface area is 148 Å². The molecule has 2 aliphatic carbocycles. The lowest BCUT2D eigenvalue weighted by Gasteiger charge is -2.38. The fraction of sp³-hybridized carbons (Fsp3) is 0.550. The lowest BCUT2D eigenvalue weighted by Crippen LogP contribution is -2.43.